The van der Waals surface area contributed by atoms with E-state index in [0.29, 0.717) is 20.8 Å². The van der Waals surface area contributed by atoms with Gasteiger partial charge in [0, 0.05) is 11.1 Å². The van der Waals surface area contributed by atoms with Crippen molar-refractivity contribution in [2.45, 2.75) is 32.4 Å². The summed E-state index contributed by atoms with van der Waals surface area (Å²) in [7, 11) is 0. The number of nitrogens with one attached hydrogen (secondary N) is 1. The van der Waals surface area contributed by atoms with Gasteiger partial charge in [-0.25, -0.2) is 0 Å². The third kappa shape index (κ3) is 2.87. The van der Waals surface area contributed by atoms with Crippen molar-refractivity contribution in [1.29, 1.82) is 0 Å². The van der Waals surface area contributed by atoms with Crippen LogP contribution in [0.1, 0.15) is 20.3 Å². The SMILES string of the molecule is CC(C)N1C(=O)CC(Nc2c(Cl)cc(Cl)cc2Cl)C1=O. The highest BCUT2D eigenvalue weighted by Crippen LogP contribution is 2.35. The third-order valence-electron chi connectivity index (χ3n) is 3.02. The first-order valence-electron chi connectivity index (χ1n) is 6.08. The van der Waals surface area contributed by atoms with Crippen molar-refractivity contribution >= 4 is 52.3 Å². The van der Waals surface area contributed by atoms with Crippen LogP contribution in [0.15, 0.2) is 12.1 Å². The summed E-state index contributed by atoms with van der Waals surface area (Å²) in [5.41, 5.74) is 0.412. The van der Waals surface area contributed by atoms with Gasteiger partial charge >= 0.3 is 0 Å². The smallest absolute Gasteiger partial charge is 0.252 e. The molecule has 20 heavy (non-hydrogen) atoms. The van der Waals surface area contributed by atoms with Gasteiger partial charge in [-0.1, -0.05) is 34.8 Å². The number of hydrogen-bond acceptors (Lipinski definition) is 3. The van der Waals surface area contributed by atoms with Gasteiger partial charge in [-0.15, -0.1) is 0 Å². The average Bonchev–Trinajstić information content (AvgIpc) is 2.58. The first kappa shape index (κ1) is 15.4. The minimum Gasteiger partial charge on any atom is -0.371 e. The van der Waals surface area contributed by atoms with Crippen molar-refractivity contribution in [2.24, 2.45) is 0 Å². The minimum absolute atomic E-state index is 0.0896. The standard InChI is InChI=1S/C13H13Cl3N2O2/c1-6(2)18-11(19)5-10(13(18)20)17-12-8(15)3-7(14)4-9(12)16/h3-4,6,10,17H,5H2,1-2H3. The van der Waals surface area contributed by atoms with Crippen LogP contribution in [-0.2, 0) is 9.59 Å². The van der Waals surface area contributed by atoms with Crippen LogP contribution >= 0.6 is 34.8 Å². The maximum atomic E-state index is 12.2. The number of rotatable bonds is 3. The number of benzene rings is 1. The first-order valence-corrected chi connectivity index (χ1v) is 7.21. The summed E-state index contributed by atoms with van der Waals surface area (Å²) in [6, 6.07) is 2.23. The van der Waals surface area contributed by atoms with Crippen molar-refractivity contribution in [3.8, 4) is 0 Å². The Bertz CT molecular complexity index is 552. The molecular weight excluding hydrogens is 323 g/mol. The van der Waals surface area contributed by atoms with Crippen LogP contribution in [0.25, 0.3) is 0 Å². The molecule has 0 bridgehead atoms. The molecule has 1 aliphatic rings. The molecule has 2 amide bonds. The predicted octanol–water partition coefficient (Wildman–Crippen LogP) is 3.59. The van der Waals surface area contributed by atoms with E-state index in [9.17, 15) is 9.59 Å². The normalized spacial score (nSPS) is 19.1. The predicted molar refractivity (Wildman–Crippen MR) is 80.5 cm³/mol. The number of halogens is 3. The molecule has 1 aliphatic heterocycles. The molecule has 2 rings (SSSR count). The molecule has 7 heteroatoms. The van der Waals surface area contributed by atoms with Gasteiger partial charge in [0.15, 0.2) is 0 Å². The van der Waals surface area contributed by atoms with Gasteiger partial charge in [0.25, 0.3) is 5.91 Å². The Morgan fingerprint density at radius 1 is 1.20 bits per heavy atom. The zero-order valence-corrected chi connectivity index (χ0v) is 13.2. The number of amides is 2. The van der Waals surface area contributed by atoms with Gasteiger partial charge < -0.3 is 5.32 Å². The molecule has 1 atom stereocenters. The molecule has 1 fully saturated rings. The maximum Gasteiger partial charge on any atom is 0.252 e. The molecule has 1 aromatic carbocycles. The van der Waals surface area contributed by atoms with Gasteiger partial charge in [-0.05, 0) is 26.0 Å². The van der Waals surface area contributed by atoms with Gasteiger partial charge in [0.05, 0.1) is 22.2 Å². The molecule has 1 unspecified atom stereocenters. The topological polar surface area (TPSA) is 49.4 Å². The molecule has 1 saturated heterocycles. The molecule has 108 valence electrons. The van der Waals surface area contributed by atoms with Crippen LogP contribution in [0.5, 0.6) is 0 Å². The number of imide groups is 1. The lowest BCUT2D eigenvalue weighted by atomic mass is 10.2. The summed E-state index contributed by atoms with van der Waals surface area (Å²) in [4.78, 5) is 25.3. The van der Waals surface area contributed by atoms with Crippen LogP contribution in [0.4, 0.5) is 5.69 Å². The fourth-order valence-electron chi connectivity index (χ4n) is 2.16. The highest BCUT2D eigenvalue weighted by Gasteiger charge is 2.40. The molecule has 1 aromatic rings. The Labute approximate surface area is 132 Å². The van der Waals surface area contributed by atoms with E-state index in [2.05, 4.69) is 5.32 Å². The van der Waals surface area contributed by atoms with Crippen molar-refractivity contribution < 1.29 is 9.59 Å². The molecular formula is C13H13Cl3N2O2. The number of likely N-dealkylation sites (tertiary alicyclic amines) is 1. The Kier molecular flexibility index (Phi) is 4.47. The molecule has 1 heterocycles. The molecule has 0 saturated carbocycles. The molecule has 0 radical (unpaired) electrons. The highest BCUT2D eigenvalue weighted by atomic mass is 35.5. The van der Waals surface area contributed by atoms with E-state index >= 15 is 0 Å². The van der Waals surface area contributed by atoms with E-state index in [4.69, 9.17) is 34.8 Å². The summed E-state index contributed by atoms with van der Waals surface area (Å²) >= 11 is 17.9. The number of carbonyl (C=O) groups excluding carboxylic acids is 2. The van der Waals surface area contributed by atoms with E-state index in [0.717, 1.165) is 0 Å². The summed E-state index contributed by atoms with van der Waals surface area (Å²) in [5, 5.41) is 3.96. The van der Waals surface area contributed by atoms with Crippen LogP contribution in [0.3, 0.4) is 0 Å². The average molecular weight is 336 g/mol. The number of hydrogen-bond donors (Lipinski definition) is 1. The summed E-state index contributed by atoms with van der Waals surface area (Å²) in [6.07, 6.45) is 0.0896. The lowest BCUT2D eigenvalue weighted by molar-refractivity contribution is -0.140. The first-order chi connectivity index (χ1) is 9.31. The zero-order chi connectivity index (χ0) is 15.0. The monoisotopic (exact) mass is 334 g/mol. The molecule has 0 aliphatic carbocycles. The van der Waals surface area contributed by atoms with Crippen molar-refractivity contribution in [1.82, 2.24) is 4.90 Å². The van der Waals surface area contributed by atoms with Crippen molar-refractivity contribution in [2.75, 3.05) is 5.32 Å². The fraction of sp³-hybridized carbons (Fsp3) is 0.385. The second-order valence-corrected chi connectivity index (χ2v) is 6.09. The quantitative estimate of drug-likeness (QED) is 0.859. The molecule has 1 N–H and O–H groups in total. The maximum absolute atomic E-state index is 12.2. The van der Waals surface area contributed by atoms with Gasteiger partial charge in [-0.3, -0.25) is 14.5 Å². The minimum atomic E-state index is -0.652. The molecule has 0 spiro atoms. The molecule has 4 nitrogen and oxygen atoms in total. The van der Waals surface area contributed by atoms with Gasteiger partial charge in [-0.2, -0.15) is 0 Å². The van der Waals surface area contributed by atoms with Crippen LogP contribution < -0.4 is 5.32 Å². The van der Waals surface area contributed by atoms with Crippen LogP contribution in [0, 0.1) is 0 Å². The number of nitrogens with zero attached hydrogens (tertiary/aromatic N) is 1. The summed E-state index contributed by atoms with van der Waals surface area (Å²) < 4.78 is 0. The van der Waals surface area contributed by atoms with E-state index in [1.165, 1.54) is 17.0 Å². The Hall–Kier alpha value is -0.970. The largest absolute Gasteiger partial charge is 0.371 e. The van der Waals surface area contributed by atoms with E-state index in [1.807, 2.05) is 0 Å². The van der Waals surface area contributed by atoms with E-state index in [-0.39, 0.29) is 24.3 Å². The number of carbonyl (C=O) groups is 2. The summed E-state index contributed by atoms with van der Waals surface area (Å²) in [5.74, 6) is -0.476. The second kappa shape index (κ2) is 5.80. The fourth-order valence-corrected chi connectivity index (χ4v) is 3.09. The van der Waals surface area contributed by atoms with Crippen LogP contribution in [0.2, 0.25) is 15.1 Å². The lowest BCUT2D eigenvalue weighted by Gasteiger charge is -2.20. The number of anilines is 1. The van der Waals surface area contributed by atoms with Crippen molar-refractivity contribution in [3.05, 3.63) is 27.2 Å². The Morgan fingerprint density at radius 2 is 1.75 bits per heavy atom. The van der Waals surface area contributed by atoms with E-state index < -0.39 is 6.04 Å². The lowest BCUT2D eigenvalue weighted by Crippen LogP contribution is -2.39. The summed E-state index contributed by atoms with van der Waals surface area (Å²) in [6.45, 7) is 3.58. The van der Waals surface area contributed by atoms with Crippen LogP contribution in [-0.4, -0.2) is 28.8 Å². The third-order valence-corrected chi connectivity index (χ3v) is 3.84. The Morgan fingerprint density at radius 3 is 2.20 bits per heavy atom. The Balaban J connectivity index is 2.24. The zero-order valence-electron chi connectivity index (χ0n) is 10.9. The van der Waals surface area contributed by atoms with Gasteiger partial charge in [0.2, 0.25) is 5.91 Å². The van der Waals surface area contributed by atoms with Crippen molar-refractivity contribution in [3.63, 3.8) is 0 Å². The molecule has 0 aromatic heterocycles. The second-order valence-electron chi connectivity index (χ2n) is 4.84. The highest BCUT2D eigenvalue weighted by molar-refractivity contribution is 6.41. The van der Waals surface area contributed by atoms with Gasteiger partial charge in [0.1, 0.15) is 6.04 Å². The van der Waals surface area contributed by atoms with E-state index in [1.54, 1.807) is 13.8 Å².